The van der Waals surface area contributed by atoms with Gasteiger partial charge in [0.1, 0.15) is 18.9 Å². The van der Waals surface area contributed by atoms with Gasteiger partial charge >= 0.3 is 0 Å². The predicted molar refractivity (Wildman–Crippen MR) is 89.2 cm³/mol. The Morgan fingerprint density at radius 1 is 1.09 bits per heavy atom. The molecule has 0 spiro atoms. The van der Waals surface area contributed by atoms with Crippen molar-refractivity contribution < 1.29 is 22.0 Å². The third-order valence-corrected chi connectivity index (χ3v) is 4.20. The lowest BCUT2D eigenvalue weighted by Crippen LogP contribution is -3.11. The molecule has 0 unspecified atom stereocenters. The Morgan fingerprint density at radius 3 is 2.41 bits per heavy atom. The largest absolute Gasteiger partial charge is 1.00 e. The van der Waals surface area contributed by atoms with E-state index in [1.165, 1.54) is 24.2 Å². The highest BCUT2D eigenvalue weighted by Gasteiger charge is 2.13. The minimum absolute atomic E-state index is 0. The molecule has 0 fully saturated rings. The maximum absolute atomic E-state index is 6.23. The summed E-state index contributed by atoms with van der Waals surface area (Å²) in [6, 6.07) is 10.6. The molecular formula is C19H28ClNO. The first-order valence-electron chi connectivity index (χ1n) is 8.24. The molecule has 1 N–H and O–H groups in total. The van der Waals surface area contributed by atoms with E-state index in [-0.39, 0.29) is 12.4 Å². The van der Waals surface area contributed by atoms with Crippen molar-refractivity contribution in [3.63, 3.8) is 0 Å². The van der Waals surface area contributed by atoms with Crippen LogP contribution in [-0.4, -0.2) is 26.2 Å². The van der Waals surface area contributed by atoms with E-state index in [0.717, 1.165) is 38.2 Å². The summed E-state index contributed by atoms with van der Waals surface area (Å²) in [5.41, 5.74) is 2.66. The van der Waals surface area contributed by atoms with Crippen molar-refractivity contribution in [1.29, 1.82) is 0 Å². The molecule has 2 rings (SSSR count). The summed E-state index contributed by atoms with van der Waals surface area (Å²) in [6.45, 7) is 8.68. The van der Waals surface area contributed by atoms with E-state index in [2.05, 4.69) is 56.3 Å². The summed E-state index contributed by atoms with van der Waals surface area (Å²) in [5, 5.41) is 0. The van der Waals surface area contributed by atoms with Crippen LogP contribution >= 0.6 is 0 Å². The number of halogens is 1. The van der Waals surface area contributed by atoms with Gasteiger partial charge in [0, 0.05) is 5.56 Å². The Bertz CT molecular complexity index is 477. The molecule has 22 heavy (non-hydrogen) atoms. The molecule has 2 nitrogen and oxygen atoms in total. The van der Waals surface area contributed by atoms with Gasteiger partial charge in [-0.15, -0.1) is 0 Å². The van der Waals surface area contributed by atoms with Crippen LogP contribution in [0.3, 0.4) is 0 Å². The van der Waals surface area contributed by atoms with E-state index in [0.29, 0.717) is 0 Å². The molecule has 1 aromatic rings. The number of nitrogens with one attached hydrogen (secondary N) is 1. The quantitative estimate of drug-likeness (QED) is 0.555. The minimum atomic E-state index is 0. The number of ether oxygens (including phenoxy) is 1. The van der Waals surface area contributed by atoms with Gasteiger partial charge in [-0.1, -0.05) is 42.5 Å². The van der Waals surface area contributed by atoms with Crippen LogP contribution in [0.5, 0.6) is 0 Å². The van der Waals surface area contributed by atoms with Crippen molar-refractivity contribution in [2.24, 2.45) is 0 Å². The van der Waals surface area contributed by atoms with Gasteiger partial charge in [0.2, 0.25) is 0 Å². The zero-order valence-electron chi connectivity index (χ0n) is 13.8. The fourth-order valence-electron chi connectivity index (χ4n) is 2.79. The third-order valence-electron chi connectivity index (χ3n) is 4.20. The molecular weight excluding hydrogens is 294 g/mol. The lowest BCUT2D eigenvalue weighted by molar-refractivity contribution is -0.896. The maximum Gasteiger partial charge on any atom is 0.137 e. The third kappa shape index (κ3) is 5.51. The fraction of sp³-hybridized carbons (Fsp3) is 0.474. The molecule has 0 bridgehead atoms. The van der Waals surface area contributed by atoms with E-state index < -0.39 is 0 Å². The number of rotatable bonds is 7. The summed E-state index contributed by atoms with van der Waals surface area (Å²) in [7, 11) is 0. The van der Waals surface area contributed by atoms with E-state index in [4.69, 9.17) is 4.74 Å². The summed E-state index contributed by atoms with van der Waals surface area (Å²) >= 11 is 0. The van der Waals surface area contributed by atoms with E-state index in [1.807, 2.05) is 0 Å². The van der Waals surface area contributed by atoms with Crippen molar-refractivity contribution >= 4 is 5.76 Å². The van der Waals surface area contributed by atoms with E-state index >= 15 is 0 Å². The number of hydrogen-bond donors (Lipinski definition) is 1. The summed E-state index contributed by atoms with van der Waals surface area (Å²) in [4.78, 5) is 1.59. The van der Waals surface area contributed by atoms with Gasteiger partial charge < -0.3 is 22.0 Å². The Balaban J connectivity index is 0.00000242. The molecule has 0 aliphatic heterocycles. The highest BCUT2D eigenvalue weighted by Crippen LogP contribution is 2.28. The Hall–Kier alpha value is -1.25. The SMILES string of the molecule is CC[NH+](CC)CCO/C(=C1/CC=CCC1)c1ccccc1.[Cl-]. The lowest BCUT2D eigenvalue weighted by Gasteiger charge is -2.20. The monoisotopic (exact) mass is 321 g/mol. The van der Waals surface area contributed by atoms with Crippen molar-refractivity contribution in [1.82, 2.24) is 0 Å². The second-order valence-corrected chi connectivity index (χ2v) is 5.57. The molecule has 0 atom stereocenters. The number of benzene rings is 1. The topological polar surface area (TPSA) is 13.7 Å². The minimum Gasteiger partial charge on any atom is -1.00 e. The molecule has 0 saturated heterocycles. The highest BCUT2D eigenvalue weighted by molar-refractivity contribution is 5.63. The van der Waals surface area contributed by atoms with Gasteiger partial charge in [0.05, 0.1) is 13.1 Å². The number of allylic oxidation sites excluding steroid dienone is 3. The molecule has 122 valence electrons. The van der Waals surface area contributed by atoms with Gasteiger partial charge in [-0.25, -0.2) is 0 Å². The van der Waals surface area contributed by atoms with E-state index in [1.54, 1.807) is 4.90 Å². The van der Waals surface area contributed by atoms with Crippen molar-refractivity contribution in [3.8, 4) is 0 Å². The molecule has 3 heteroatoms. The fourth-order valence-corrected chi connectivity index (χ4v) is 2.79. The molecule has 1 aromatic carbocycles. The predicted octanol–water partition coefficient (Wildman–Crippen LogP) is 0.0831. The zero-order chi connectivity index (χ0) is 14.9. The first-order chi connectivity index (χ1) is 10.3. The first-order valence-corrected chi connectivity index (χ1v) is 8.24. The number of quaternary nitrogens is 1. The van der Waals surface area contributed by atoms with Crippen molar-refractivity contribution in [2.75, 3.05) is 26.2 Å². The Labute approximate surface area is 141 Å². The van der Waals surface area contributed by atoms with Crippen LogP contribution in [0.4, 0.5) is 0 Å². The molecule has 1 aliphatic rings. The maximum atomic E-state index is 6.23. The van der Waals surface area contributed by atoms with Crippen LogP contribution < -0.4 is 17.3 Å². The molecule has 0 amide bonds. The lowest BCUT2D eigenvalue weighted by atomic mass is 9.97. The standard InChI is InChI=1S/C19H27NO.ClH/c1-3-20(4-2)15-16-21-19(17-11-7-5-8-12-17)18-13-9-6-10-14-18;/h5-9,11-12H,3-4,10,13-16H2,1-2H3;1H/b19-18-;. The zero-order valence-corrected chi connectivity index (χ0v) is 14.5. The molecule has 0 aromatic heterocycles. The van der Waals surface area contributed by atoms with Gasteiger partial charge in [0.25, 0.3) is 0 Å². The average Bonchev–Trinajstić information content (AvgIpc) is 2.57. The molecule has 0 radical (unpaired) electrons. The van der Waals surface area contributed by atoms with Crippen LogP contribution in [-0.2, 0) is 4.74 Å². The van der Waals surface area contributed by atoms with Crippen molar-refractivity contribution in [2.45, 2.75) is 33.1 Å². The summed E-state index contributed by atoms with van der Waals surface area (Å²) < 4.78 is 6.23. The van der Waals surface area contributed by atoms with Crippen LogP contribution in [0.25, 0.3) is 5.76 Å². The van der Waals surface area contributed by atoms with Gasteiger partial charge in [0.15, 0.2) is 0 Å². The average molecular weight is 322 g/mol. The molecule has 1 aliphatic carbocycles. The second-order valence-electron chi connectivity index (χ2n) is 5.57. The number of likely N-dealkylation sites (N-methyl/N-ethyl adjacent to an activating group) is 1. The molecule has 0 heterocycles. The normalized spacial score (nSPS) is 16.3. The van der Waals surface area contributed by atoms with Gasteiger partial charge in [-0.3, -0.25) is 0 Å². The van der Waals surface area contributed by atoms with E-state index in [9.17, 15) is 0 Å². The summed E-state index contributed by atoms with van der Waals surface area (Å²) in [6.07, 6.45) is 7.82. The van der Waals surface area contributed by atoms with Gasteiger partial charge in [-0.2, -0.15) is 0 Å². The van der Waals surface area contributed by atoms with Crippen LogP contribution in [0, 0.1) is 0 Å². The Kier molecular flexibility index (Phi) is 8.95. The first kappa shape index (κ1) is 18.8. The van der Waals surface area contributed by atoms with Crippen molar-refractivity contribution in [3.05, 3.63) is 53.6 Å². The second kappa shape index (κ2) is 10.5. The smallest absolute Gasteiger partial charge is 0.137 e. The Morgan fingerprint density at radius 2 is 1.82 bits per heavy atom. The van der Waals surface area contributed by atoms with Crippen LogP contribution in [0.15, 0.2) is 48.1 Å². The number of hydrogen-bond acceptors (Lipinski definition) is 1. The summed E-state index contributed by atoms with van der Waals surface area (Å²) in [5.74, 6) is 1.12. The highest BCUT2D eigenvalue weighted by atomic mass is 35.5. The van der Waals surface area contributed by atoms with Crippen LogP contribution in [0.1, 0.15) is 38.7 Å². The molecule has 0 saturated carbocycles. The van der Waals surface area contributed by atoms with Crippen LogP contribution in [0.2, 0.25) is 0 Å². The van der Waals surface area contributed by atoms with Gasteiger partial charge in [-0.05, 0) is 38.7 Å².